The van der Waals surface area contributed by atoms with Gasteiger partial charge in [0.05, 0.1) is 34.2 Å². The monoisotopic (exact) mass is 484 g/mol. The van der Waals surface area contributed by atoms with Crippen LogP contribution in [-0.4, -0.2) is 22.9 Å². The van der Waals surface area contributed by atoms with E-state index in [1.165, 1.54) is 0 Å². The Morgan fingerprint density at radius 1 is 0.757 bits per heavy atom. The third-order valence-corrected chi connectivity index (χ3v) is 8.02. The molecule has 3 heterocycles. The van der Waals surface area contributed by atoms with Crippen molar-refractivity contribution in [2.75, 3.05) is 0 Å². The van der Waals surface area contributed by atoms with Crippen molar-refractivity contribution in [3.05, 3.63) is 90.3 Å². The lowest BCUT2D eigenvalue weighted by Crippen LogP contribution is -2.41. The van der Waals surface area contributed by atoms with E-state index in [0.717, 1.165) is 54.9 Å². The standard InChI is InChI=1S/C31H25BN2O3/c1-30(2)31(3,4)37-32(36-30)19-16-20(33-5)18-21(17-19)34-25-12-8-6-11-24(25)28-26(34)15-14-23-22-10-7-9-13-27(22)35-29(23)28/h6-18H,1-4H3. The highest BCUT2D eigenvalue weighted by molar-refractivity contribution is 6.62. The number of aromatic nitrogens is 1. The van der Waals surface area contributed by atoms with Gasteiger partial charge in [-0.15, -0.1) is 0 Å². The summed E-state index contributed by atoms with van der Waals surface area (Å²) in [5.74, 6) is 0. The first-order chi connectivity index (χ1) is 17.8. The van der Waals surface area contributed by atoms with Gasteiger partial charge in [-0.3, -0.25) is 0 Å². The van der Waals surface area contributed by atoms with Crippen molar-refractivity contribution in [1.82, 2.24) is 4.57 Å². The van der Waals surface area contributed by atoms with Gasteiger partial charge in [0.2, 0.25) is 0 Å². The molecule has 0 atom stereocenters. The summed E-state index contributed by atoms with van der Waals surface area (Å²) >= 11 is 0. The van der Waals surface area contributed by atoms with Crippen LogP contribution in [0.25, 0.3) is 54.3 Å². The summed E-state index contributed by atoms with van der Waals surface area (Å²) in [4.78, 5) is 3.79. The molecule has 1 fully saturated rings. The Bertz CT molecular complexity index is 1910. The zero-order valence-corrected chi connectivity index (χ0v) is 21.2. The van der Waals surface area contributed by atoms with E-state index in [0.29, 0.717) is 5.69 Å². The van der Waals surface area contributed by atoms with Gasteiger partial charge < -0.3 is 18.3 Å². The van der Waals surface area contributed by atoms with Crippen LogP contribution in [0.2, 0.25) is 0 Å². The summed E-state index contributed by atoms with van der Waals surface area (Å²) in [6.07, 6.45) is 0. The molecule has 6 heteroatoms. The summed E-state index contributed by atoms with van der Waals surface area (Å²) in [7, 11) is -0.555. The fourth-order valence-electron chi connectivity index (χ4n) is 5.44. The smallest absolute Gasteiger partial charge is 0.455 e. The van der Waals surface area contributed by atoms with Crippen molar-refractivity contribution >= 4 is 62.0 Å². The van der Waals surface area contributed by atoms with Crippen LogP contribution in [0.1, 0.15) is 27.7 Å². The Hall–Kier alpha value is -4.05. The van der Waals surface area contributed by atoms with Crippen LogP contribution in [0.3, 0.4) is 0 Å². The van der Waals surface area contributed by atoms with Crippen molar-refractivity contribution < 1.29 is 13.7 Å². The van der Waals surface area contributed by atoms with Gasteiger partial charge in [0.1, 0.15) is 11.2 Å². The molecule has 0 unspecified atom stereocenters. The van der Waals surface area contributed by atoms with Crippen molar-refractivity contribution in [2.24, 2.45) is 0 Å². The number of hydrogen-bond donors (Lipinski definition) is 0. The number of para-hydroxylation sites is 2. The lowest BCUT2D eigenvalue weighted by molar-refractivity contribution is 0.00578. The van der Waals surface area contributed by atoms with E-state index in [-0.39, 0.29) is 0 Å². The zero-order chi connectivity index (χ0) is 25.5. The Balaban J connectivity index is 1.52. The van der Waals surface area contributed by atoms with E-state index in [1.54, 1.807) is 0 Å². The molecule has 1 saturated heterocycles. The second-order valence-electron chi connectivity index (χ2n) is 10.8. The van der Waals surface area contributed by atoms with Crippen molar-refractivity contribution in [1.29, 1.82) is 0 Å². The molecule has 0 bridgehead atoms. The summed E-state index contributed by atoms with van der Waals surface area (Å²) in [5.41, 5.74) is 5.15. The summed E-state index contributed by atoms with van der Waals surface area (Å²) in [5, 5.41) is 4.37. The maximum Gasteiger partial charge on any atom is 0.493 e. The molecule has 7 rings (SSSR count). The summed E-state index contributed by atoms with van der Waals surface area (Å²) in [6.45, 7) is 16.0. The number of benzene rings is 4. The topological polar surface area (TPSA) is 40.9 Å². The summed E-state index contributed by atoms with van der Waals surface area (Å²) in [6, 6.07) is 26.6. The van der Waals surface area contributed by atoms with Crippen molar-refractivity contribution in [3.63, 3.8) is 0 Å². The molecule has 180 valence electrons. The average molecular weight is 484 g/mol. The first-order valence-electron chi connectivity index (χ1n) is 12.5. The predicted molar refractivity (Wildman–Crippen MR) is 150 cm³/mol. The quantitative estimate of drug-likeness (QED) is 0.188. The van der Waals surface area contributed by atoms with E-state index in [4.69, 9.17) is 20.3 Å². The Labute approximate surface area is 215 Å². The van der Waals surface area contributed by atoms with Crippen LogP contribution < -0.4 is 5.46 Å². The highest BCUT2D eigenvalue weighted by atomic mass is 16.7. The van der Waals surface area contributed by atoms with Crippen LogP contribution in [-0.2, 0) is 9.31 Å². The fraction of sp³-hybridized carbons (Fsp3) is 0.194. The number of furan rings is 1. The van der Waals surface area contributed by atoms with E-state index in [1.807, 2.05) is 64.1 Å². The molecule has 2 aromatic heterocycles. The predicted octanol–water partition coefficient (Wildman–Crippen LogP) is 7.53. The molecular weight excluding hydrogens is 459 g/mol. The van der Waals surface area contributed by atoms with E-state index < -0.39 is 18.3 Å². The Kier molecular flexibility index (Phi) is 4.49. The fourth-order valence-corrected chi connectivity index (χ4v) is 5.44. The van der Waals surface area contributed by atoms with Crippen molar-refractivity contribution in [3.8, 4) is 5.69 Å². The van der Waals surface area contributed by atoms with Gasteiger partial charge in [0.25, 0.3) is 0 Å². The van der Waals surface area contributed by atoms with Gasteiger partial charge in [-0.1, -0.05) is 42.5 Å². The average Bonchev–Trinajstić information content (AvgIpc) is 3.50. The minimum atomic E-state index is -0.555. The molecule has 4 aromatic carbocycles. The zero-order valence-electron chi connectivity index (χ0n) is 21.2. The molecular formula is C31H25BN2O3. The van der Waals surface area contributed by atoms with Crippen LogP contribution in [0.15, 0.2) is 83.3 Å². The SMILES string of the molecule is [C-]#[N+]c1cc(B2OC(C)(C)C(C)(C)O2)cc(-n2c3ccccc3c3c4oc5ccccc5c4ccc32)c1. The molecule has 0 saturated carbocycles. The van der Waals surface area contributed by atoms with Crippen molar-refractivity contribution in [2.45, 2.75) is 38.9 Å². The number of fused-ring (bicyclic) bond motifs is 7. The van der Waals surface area contributed by atoms with Crippen LogP contribution in [0.5, 0.6) is 0 Å². The Morgan fingerprint density at radius 3 is 2.22 bits per heavy atom. The van der Waals surface area contributed by atoms with E-state index in [9.17, 15) is 0 Å². The normalized spacial score (nSPS) is 16.8. The second kappa shape index (κ2) is 7.49. The molecule has 37 heavy (non-hydrogen) atoms. The number of nitrogens with zero attached hydrogens (tertiary/aromatic N) is 2. The molecule has 0 amide bonds. The largest absolute Gasteiger partial charge is 0.493 e. The number of rotatable bonds is 2. The van der Waals surface area contributed by atoms with Gasteiger partial charge in [0, 0.05) is 21.8 Å². The van der Waals surface area contributed by atoms with Gasteiger partial charge in [-0.2, -0.15) is 0 Å². The van der Waals surface area contributed by atoms with E-state index >= 15 is 0 Å². The third kappa shape index (κ3) is 3.11. The first kappa shape index (κ1) is 22.2. The molecule has 0 radical (unpaired) electrons. The minimum absolute atomic E-state index is 0.467. The maximum atomic E-state index is 7.80. The lowest BCUT2D eigenvalue weighted by Gasteiger charge is -2.32. The number of hydrogen-bond acceptors (Lipinski definition) is 3. The van der Waals surface area contributed by atoms with Crippen LogP contribution in [0.4, 0.5) is 5.69 Å². The summed E-state index contributed by atoms with van der Waals surface area (Å²) < 4.78 is 21.3. The van der Waals surface area contributed by atoms with Crippen LogP contribution >= 0.6 is 0 Å². The first-order valence-corrected chi connectivity index (χ1v) is 12.5. The maximum absolute atomic E-state index is 7.80. The van der Waals surface area contributed by atoms with Crippen LogP contribution in [0, 0.1) is 6.57 Å². The molecule has 0 spiro atoms. The second-order valence-corrected chi connectivity index (χ2v) is 10.8. The van der Waals surface area contributed by atoms with E-state index in [2.05, 4.69) is 51.9 Å². The molecule has 1 aliphatic heterocycles. The third-order valence-electron chi connectivity index (χ3n) is 8.02. The highest BCUT2D eigenvalue weighted by Gasteiger charge is 2.51. The highest BCUT2D eigenvalue weighted by Crippen LogP contribution is 2.41. The molecule has 5 nitrogen and oxygen atoms in total. The van der Waals surface area contributed by atoms with Gasteiger partial charge in [-0.25, -0.2) is 4.85 Å². The van der Waals surface area contributed by atoms with Gasteiger partial charge >= 0.3 is 7.12 Å². The Morgan fingerprint density at radius 2 is 1.46 bits per heavy atom. The minimum Gasteiger partial charge on any atom is -0.455 e. The van der Waals surface area contributed by atoms with Gasteiger partial charge in [-0.05, 0) is 69.6 Å². The molecule has 0 aliphatic carbocycles. The molecule has 0 N–H and O–H groups in total. The lowest BCUT2D eigenvalue weighted by atomic mass is 9.78. The van der Waals surface area contributed by atoms with Gasteiger partial charge in [0.15, 0.2) is 5.69 Å². The molecule has 6 aromatic rings. The molecule has 1 aliphatic rings.